The second-order valence-corrected chi connectivity index (χ2v) is 8.44. The molecule has 1 saturated heterocycles. The lowest BCUT2D eigenvalue weighted by atomic mass is 9.97. The van der Waals surface area contributed by atoms with Crippen molar-refractivity contribution in [2.45, 2.75) is 19.0 Å². The third-order valence-corrected chi connectivity index (χ3v) is 5.99. The van der Waals surface area contributed by atoms with Gasteiger partial charge in [-0.15, -0.1) is 0 Å². The molecule has 1 N–H and O–H groups in total. The van der Waals surface area contributed by atoms with Crippen molar-refractivity contribution in [3.8, 4) is 22.8 Å². The van der Waals surface area contributed by atoms with E-state index >= 15 is 0 Å². The molecule has 36 heavy (non-hydrogen) atoms. The highest BCUT2D eigenvalue weighted by atomic mass is 19.4. The van der Waals surface area contributed by atoms with E-state index in [2.05, 4.69) is 20.2 Å². The first-order chi connectivity index (χ1) is 17.3. The Bertz CT molecular complexity index is 1170. The zero-order valence-corrected chi connectivity index (χ0v) is 19.8. The molecule has 0 spiro atoms. The lowest BCUT2D eigenvalue weighted by molar-refractivity contribution is -0.137. The minimum absolute atomic E-state index is 0.0701. The van der Waals surface area contributed by atoms with Gasteiger partial charge in [-0.25, -0.2) is 9.97 Å². The zero-order valence-electron chi connectivity index (χ0n) is 19.8. The molecule has 1 atom stereocenters. The molecule has 1 aromatic heterocycles. The summed E-state index contributed by atoms with van der Waals surface area (Å²) in [7, 11) is 1.62. The number of hydrogen-bond donors (Lipinski definition) is 1. The number of carbonyl (C=O) groups is 1. The number of nitrogens with zero attached hydrogens (tertiary/aromatic N) is 3. The lowest BCUT2D eigenvalue weighted by Gasteiger charge is -2.33. The van der Waals surface area contributed by atoms with Gasteiger partial charge in [0, 0.05) is 24.7 Å². The predicted octanol–water partition coefficient (Wildman–Crippen LogP) is 4.58. The van der Waals surface area contributed by atoms with Crippen LogP contribution < -0.4 is 19.7 Å². The first-order valence-electron chi connectivity index (χ1n) is 11.6. The minimum atomic E-state index is -4.43. The van der Waals surface area contributed by atoms with Gasteiger partial charge in [-0.3, -0.25) is 4.79 Å². The maximum atomic E-state index is 12.8. The fourth-order valence-corrected chi connectivity index (χ4v) is 4.09. The Morgan fingerprint density at radius 1 is 1.11 bits per heavy atom. The molecule has 1 aliphatic rings. The number of methoxy groups -OCH3 is 1. The van der Waals surface area contributed by atoms with Crippen molar-refractivity contribution in [2.24, 2.45) is 5.92 Å². The standard InChI is InChI=1S/C26H27F3N4O3/c1-35-21-9-7-18(8-10-21)23-15-24(32-17-31-23)33-12-3-4-19(16-33)25(34)30-11-13-36-22-6-2-5-20(14-22)26(27,28)29/h2,5-10,14-15,17,19H,3-4,11-13,16H2,1H3,(H,30,34). The van der Waals surface area contributed by atoms with Crippen LogP contribution in [0.25, 0.3) is 11.3 Å². The molecule has 190 valence electrons. The molecule has 2 aromatic carbocycles. The van der Waals surface area contributed by atoms with Gasteiger partial charge < -0.3 is 19.7 Å². The Morgan fingerprint density at radius 3 is 2.67 bits per heavy atom. The molecule has 1 amide bonds. The number of halogens is 3. The number of anilines is 1. The van der Waals surface area contributed by atoms with E-state index in [0.717, 1.165) is 54.3 Å². The highest BCUT2D eigenvalue weighted by Crippen LogP contribution is 2.31. The van der Waals surface area contributed by atoms with E-state index in [9.17, 15) is 18.0 Å². The fourth-order valence-electron chi connectivity index (χ4n) is 4.09. The molecule has 0 aliphatic carbocycles. The second kappa shape index (κ2) is 11.3. The van der Waals surface area contributed by atoms with E-state index in [4.69, 9.17) is 9.47 Å². The molecule has 1 aliphatic heterocycles. The second-order valence-electron chi connectivity index (χ2n) is 8.44. The summed E-state index contributed by atoms with van der Waals surface area (Å²) in [5, 5.41) is 2.83. The van der Waals surface area contributed by atoms with Crippen LogP contribution in [0.1, 0.15) is 18.4 Å². The molecule has 0 saturated carbocycles. The number of carbonyl (C=O) groups excluding carboxylic acids is 1. The third-order valence-electron chi connectivity index (χ3n) is 5.99. The van der Waals surface area contributed by atoms with Crippen LogP contribution in [0.4, 0.5) is 19.0 Å². The maximum absolute atomic E-state index is 12.8. The SMILES string of the molecule is COc1ccc(-c2cc(N3CCCC(C(=O)NCCOc4cccc(C(F)(F)F)c4)C3)ncn2)cc1. The van der Waals surface area contributed by atoms with E-state index in [0.29, 0.717) is 6.54 Å². The van der Waals surface area contributed by atoms with Gasteiger partial charge in [0.2, 0.25) is 5.91 Å². The van der Waals surface area contributed by atoms with Crippen molar-refractivity contribution < 1.29 is 27.4 Å². The Hall–Kier alpha value is -3.82. The van der Waals surface area contributed by atoms with Gasteiger partial charge in [-0.05, 0) is 55.3 Å². The van der Waals surface area contributed by atoms with Gasteiger partial charge >= 0.3 is 6.18 Å². The van der Waals surface area contributed by atoms with Crippen LogP contribution in [0.5, 0.6) is 11.5 Å². The Morgan fingerprint density at radius 2 is 1.92 bits per heavy atom. The van der Waals surface area contributed by atoms with Gasteiger partial charge in [0.1, 0.15) is 30.3 Å². The average molecular weight is 501 g/mol. The lowest BCUT2D eigenvalue weighted by Crippen LogP contribution is -2.44. The van der Waals surface area contributed by atoms with E-state index in [-0.39, 0.29) is 30.7 Å². The van der Waals surface area contributed by atoms with Crippen LogP contribution in [0, 0.1) is 5.92 Å². The number of amides is 1. The van der Waals surface area contributed by atoms with Crippen LogP contribution in [0.2, 0.25) is 0 Å². The zero-order chi connectivity index (χ0) is 25.5. The number of nitrogens with one attached hydrogen (secondary N) is 1. The molecule has 2 heterocycles. The topological polar surface area (TPSA) is 76.6 Å². The van der Waals surface area contributed by atoms with Crippen molar-refractivity contribution in [1.82, 2.24) is 15.3 Å². The number of hydrogen-bond acceptors (Lipinski definition) is 6. The first-order valence-corrected chi connectivity index (χ1v) is 11.6. The molecule has 0 bridgehead atoms. The normalized spacial score (nSPS) is 15.9. The Kier molecular flexibility index (Phi) is 7.92. The van der Waals surface area contributed by atoms with Gasteiger partial charge in [-0.2, -0.15) is 13.2 Å². The summed E-state index contributed by atoms with van der Waals surface area (Å²) in [5.74, 6) is 1.28. The van der Waals surface area contributed by atoms with Crippen LogP contribution in [-0.2, 0) is 11.0 Å². The summed E-state index contributed by atoms with van der Waals surface area (Å²) in [6.45, 7) is 1.56. The van der Waals surface area contributed by atoms with Crippen molar-refractivity contribution in [1.29, 1.82) is 0 Å². The molecule has 3 aromatic rings. The van der Waals surface area contributed by atoms with Crippen LogP contribution in [-0.4, -0.2) is 49.2 Å². The van der Waals surface area contributed by atoms with E-state index in [1.54, 1.807) is 7.11 Å². The van der Waals surface area contributed by atoms with E-state index in [1.165, 1.54) is 18.5 Å². The van der Waals surface area contributed by atoms with Gasteiger partial charge in [-0.1, -0.05) is 6.07 Å². The molecule has 1 unspecified atom stereocenters. The number of alkyl halides is 3. The molecular formula is C26H27F3N4O3. The van der Waals surface area contributed by atoms with E-state index < -0.39 is 11.7 Å². The van der Waals surface area contributed by atoms with Gasteiger partial charge in [0.15, 0.2) is 0 Å². The minimum Gasteiger partial charge on any atom is -0.497 e. The molecule has 4 rings (SSSR count). The quantitative estimate of drug-likeness (QED) is 0.457. The maximum Gasteiger partial charge on any atom is 0.416 e. The Labute approximate surface area is 207 Å². The number of benzene rings is 2. The number of ether oxygens (including phenoxy) is 2. The number of piperidine rings is 1. The van der Waals surface area contributed by atoms with Gasteiger partial charge in [0.05, 0.1) is 30.8 Å². The van der Waals surface area contributed by atoms with Crippen LogP contribution in [0.3, 0.4) is 0 Å². The van der Waals surface area contributed by atoms with Crippen molar-refractivity contribution in [3.63, 3.8) is 0 Å². The summed E-state index contributed by atoms with van der Waals surface area (Å²) in [6.07, 6.45) is -1.34. The largest absolute Gasteiger partial charge is 0.497 e. The van der Waals surface area contributed by atoms with Crippen LogP contribution in [0.15, 0.2) is 60.9 Å². The highest BCUT2D eigenvalue weighted by Gasteiger charge is 2.30. The molecule has 10 heteroatoms. The van der Waals surface area contributed by atoms with Crippen molar-refractivity contribution >= 4 is 11.7 Å². The molecule has 7 nitrogen and oxygen atoms in total. The summed E-state index contributed by atoms with van der Waals surface area (Å²) in [4.78, 5) is 23.6. The first kappa shape index (κ1) is 25.3. The highest BCUT2D eigenvalue weighted by molar-refractivity contribution is 5.79. The van der Waals surface area contributed by atoms with Crippen LogP contribution >= 0.6 is 0 Å². The monoisotopic (exact) mass is 500 g/mol. The summed E-state index contributed by atoms with van der Waals surface area (Å²) in [6, 6.07) is 14.2. The van der Waals surface area contributed by atoms with Crippen molar-refractivity contribution in [3.05, 3.63) is 66.5 Å². The molecular weight excluding hydrogens is 473 g/mol. The summed E-state index contributed by atoms with van der Waals surface area (Å²) in [5.41, 5.74) is 0.943. The van der Waals surface area contributed by atoms with E-state index in [1.807, 2.05) is 30.3 Å². The predicted molar refractivity (Wildman–Crippen MR) is 129 cm³/mol. The smallest absolute Gasteiger partial charge is 0.416 e. The summed E-state index contributed by atoms with van der Waals surface area (Å²) < 4.78 is 49.1. The number of rotatable bonds is 8. The van der Waals surface area contributed by atoms with Crippen molar-refractivity contribution in [2.75, 3.05) is 38.3 Å². The Balaban J connectivity index is 1.30. The number of aromatic nitrogens is 2. The third kappa shape index (κ3) is 6.44. The summed E-state index contributed by atoms with van der Waals surface area (Å²) >= 11 is 0. The molecule has 0 radical (unpaired) electrons. The fraction of sp³-hybridized carbons (Fsp3) is 0.346. The average Bonchev–Trinajstić information content (AvgIpc) is 2.91. The molecule has 1 fully saturated rings. The van der Waals surface area contributed by atoms with Gasteiger partial charge in [0.25, 0.3) is 0 Å².